The van der Waals surface area contributed by atoms with Crippen molar-refractivity contribution >= 4 is 17.1 Å². The normalized spacial score (nSPS) is 11.7. The van der Waals surface area contributed by atoms with Gasteiger partial charge in [0.15, 0.2) is 17.0 Å². The number of ether oxygens (including phenoxy) is 1. The molecule has 0 saturated carbocycles. The summed E-state index contributed by atoms with van der Waals surface area (Å²) in [7, 11) is 0. The predicted molar refractivity (Wildman–Crippen MR) is 86.8 cm³/mol. The van der Waals surface area contributed by atoms with Crippen molar-refractivity contribution in [1.82, 2.24) is 24.5 Å². The molecule has 0 bridgehead atoms. The molecule has 0 atom stereocenters. The Morgan fingerprint density at radius 3 is 2.69 bits per heavy atom. The van der Waals surface area contributed by atoms with Crippen LogP contribution < -0.4 is 5.56 Å². The maximum absolute atomic E-state index is 14.0. The van der Waals surface area contributed by atoms with Crippen molar-refractivity contribution in [3.05, 3.63) is 46.5 Å². The Morgan fingerprint density at radius 1 is 1.31 bits per heavy atom. The molecule has 3 aromatic rings. The molecule has 2 aromatic heterocycles. The van der Waals surface area contributed by atoms with Gasteiger partial charge in [0.05, 0.1) is 6.61 Å². The number of carbonyl (C=O) groups is 1. The Balaban J connectivity index is 2.16. The van der Waals surface area contributed by atoms with Crippen molar-refractivity contribution in [2.45, 2.75) is 26.3 Å². The Labute approximate surface area is 146 Å². The van der Waals surface area contributed by atoms with Crippen molar-refractivity contribution < 1.29 is 18.3 Å². The van der Waals surface area contributed by atoms with E-state index < -0.39 is 28.7 Å². The number of esters is 1. The van der Waals surface area contributed by atoms with Crippen LogP contribution in [-0.2, 0) is 15.1 Å². The van der Waals surface area contributed by atoms with E-state index in [0.717, 1.165) is 27.7 Å². The van der Waals surface area contributed by atoms with E-state index in [2.05, 4.69) is 15.3 Å². The summed E-state index contributed by atoms with van der Waals surface area (Å²) in [6, 6.07) is 2.90. The number of hydrogen-bond donors (Lipinski definition) is 0. The summed E-state index contributed by atoms with van der Waals surface area (Å²) in [6.07, 6.45) is 1.14. The molecule has 0 aliphatic carbocycles. The van der Waals surface area contributed by atoms with Crippen LogP contribution in [0.4, 0.5) is 8.78 Å². The lowest BCUT2D eigenvalue weighted by atomic mass is 10.1. The second kappa shape index (κ2) is 6.28. The largest absolute Gasteiger partial charge is 0.464 e. The van der Waals surface area contributed by atoms with Crippen LogP contribution in [0.2, 0.25) is 0 Å². The molecule has 0 aliphatic rings. The molecule has 0 N–H and O–H groups in total. The maximum atomic E-state index is 14.0. The number of carbonyl (C=O) groups excluding carboxylic acids is 1. The van der Waals surface area contributed by atoms with Gasteiger partial charge in [0.2, 0.25) is 0 Å². The van der Waals surface area contributed by atoms with Gasteiger partial charge in [-0.15, -0.1) is 5.10 Å². The molecule has 3 rings (SSSR count). The van der Waals surface area contributed by atoms with E-state index in [1.165, 1.54) is 13.8 Å². The Hall–Kier alpha value is -3.17. The van der Waals surface area contributed by atoms with Gasteiger partial charge < -0.3 is 4.74 Å². The van der Waals surface area contributed by atoms with Gasteiger partial charge >= 0.3 is 5.97 Å². The third-order valence-electron chi connectivity index (χ3n) is 3.88. The van der Waals surface area contributed by atoms with E-state index >= 15 is 0 Å². The zero-order chi connectivity index (χ0) is 19.1. The Kier molecular flexibility index (Phi) is 4.26. The van der Waals surface area contributed by atoms with E-state index in [9.17, 15) is 18.4 Å². The van der Waals surface area contributed by atoms with E-state index in [4.69, 9.17) is 4.74 Å². The minimum atomic E-state index is -1.32. The van der Waals surface area contributed by atoms with Gasteiger partial charge in [0.25, 0.3) is 5.56 Å². The van der Waals surface area contributed by atoms with Crippen molar-refractivity contribution in [3.63, 3.8) is 0 Å². The number of fused-ring (bicyclic) bond motifs is 1. The number of rotatable bonds is 4. The molecule has 8 nitrogen and oxygen atoms in total. The van der Waals surface area contributed by atoms with Crippen LogP contribution in [0.1, 0.15) is 20.8 Å². The molecule has 0 spiro atoms. The van der Waals surface area contributed by atoms with Gasteiger partial charge in [-0.25, -0.2) is 18.6 Å². The van der Waals surface area contributed by atoms with Gasteiger partial charge in [-0.1, -0.05) is 5.21 Å². The van der Waals surface area contributed by atoms with Gasteiger partial charge in [-0.3, -0.25) is 9.36 Å². The number of halogens is 2. The van der Waals surface area contributed by atoms with E-state index in [0.29, 0.717) is 6.07 Å². The maximum Gasteiger partial charge on any atom is 0.331 e. The van der Waals surface area contributed by atoms with E-state index in [1.807, 2.05) is 0 Å². The topological polar surface area (TPSA) is 91.9 Å². The van der Waals surface area contributed by atoms with Crippen LogP contribution in [0.3, 0.4) is 0 Å². The van der Waals surface area contributed by atoms with Gasteiger partial charge in [0.1, 0.15) is 23.4 Å². The fourth-order valence-corrected chi connectivity index (χ4v) is 2.43. The summed E-state index contributed by atoms with van der Waals surface area (Å²) in [6.45, 7) is 4.82. The Morgan fingerprint density at radius 2 is 2.04 bits per heavy atom. The van der Waals surface area contributed by atoms with Crippen LogP contribution in [0.5, 0.6) is 0 Å². The van der Waals surface area contributed by atoms with E-state index in [1.54, 1.807) is 6.92 Å². The molecule has 0 radical (unpaired) electrons. The van der Waals surface area contributed by atoms with Crippen LogP contribution >= 0.6 is 0 Å². The fraction of sp³-hybridized carbons (Fsp3) is 0.312. The minimum absolute atomic E-state index is 0.0172. The number of hydrogen-bond acceptors (Lipinski definition) is 6. The quantitative estimate of drug-likeness (QED) is 0.653. The molecular formula is C16H15F2N5O3. The van der Waals surface area contributed by atoms with E-state index in [-0.39, 0.29) is 23.5 Å². The zero-order valence-corrected chi connectivity index (χ0v) is 14.2. The zero-order valence-electron chi connectivity index (χ0n) is 14.2. The first-order valence-corrected chi connectivity index (χ1v) is 7.73. The highest BCUT2D eigenvalue weighted by Crippen LogP contribution is 2.19. The third-order valence-corrected chi connectivity index (χ3v) is 3.88. The van der Waals surface area contributed by atoms with Crippen molar-refractivity contribution in [2.75, 3.05) is 6.61 Å². The third kappa shape index (κ3) is 2.72. The second-order valence-corrected chi connectivity index (χ2v) is 5.97. The summed E-state index contributed by atoms with van der Waals surface area (Å²) in [5, 5.41) is 7.48. The molecule has 26 heavy (non-hydrogen) atoms. The fourth-order valence-electron chi connectivity index (χ4n) is 2.43. The highest BCUT2D eigenvalue weighted by atomic mass is 19.1. The molecule has 0 aliphatic heterocycles. The molecule has 0 amide bonds. The van der Waals surface area contributed by atoms with Gasteiger partial charge in [-0.05, 0) is 32.9 Å². The first-order chi connectivity index (χ1) is 12.3. The van der Waals surface area contributed by atoms with Gasteiger partial charge in [0, 0.05) is 6.07 Å². The molecule has 136 valence electrons. The van der Waals surface area contributed by atoms with Crippen LogP contribution in [0.25, 0.3) is 16.9 Å². The highest BCUT2D eigenvalue weighted by molar-refractivity contribution is 5.78. The smallest absolute Gasteiger partial charge is 0.331 e. The summed E-state index contributed by atoms with van der Waals surface area (Å²) < 4.78 is 34.1. The highest BCUT2D eigenvalue weighted by Gasteiger charge is 2.33. The monoisotopic (exact) mass is 363 g/mol. The van der Waals surface area contributed by atoms with Gasteiger partial charge in [-0.2, -0.15) is 4.68 Å². The molecule has 0 unspecified atom stereocenters. The summed E-state index contributed by atoms with van der Waals surface area (Å²) in [5.41, 5.74) is -2.24. The lowest BCUT2D eigenvalue weighted by Gasteiger charge is -2.24. The molecule has 0 fully saturated rings. The average Bonchev–Trinajstić information content (AvgIpc) is 3.00. The van der Waals surface area contributed by atoms with Crippen molar-refractivity contribution in [1.29, 1.82) is 0 Å². The summed E-state index contributed by atoms with van der Waals surface area (Å²) in [4.78, 5) is 28.9. The molecule has 2 heterocycles. The molecule has 0 saturated heterocycles. The predicted octanol–water partition coefficient (Wildman–Crippen LogP) is 1.55. The molecule has 10 heteroatoms. The van der Waals surface area contributed by atoms with Crippen LogP contribution in [-0.4, -0.2) is 37.1 Å². The van der Waals surface area contributed by atoms with Crippen LogP contribution in [0, 0.1) is 11.6 Å². The second-order valence-electron chi connectivity index (χ2n) is 5.97. The van der Waals surface area contributed by atoms with Crippen molar-refractivity contribution in [3.8, 4) is 5.69 Å². The molecular weight excluding hydrogens is 348 g/mol. The number of nitrogens with zero attached hydrogens (tertiary/aromatic N) is 5. The standard InChI is InChI=1S/C16H15F2N5O3/c1-4-26-15(25)16(2,3)22-8-19-13-12(14(22)24)20-21-23(13)11-6-5-9(17)7-10(11)18/h5-8H,4H2,1-3H3. The summed E-state index contributed by atoms with van der Waals surface area (Å²) >= 11 is 0. The Bertz CT molecular complexity index is 1060. The van der Waals surface area contributed by atoms with Crippen LogP contribution in [0.15, 0.2) is 29.3 Å². The lowest BCUT2D eigenvalue weighted by Crippen LogP contribution is -2.44. The minimum Gasteiger partial charge on any atom is -0.464 e. The number of benzene rings is 1. The first kappa shape index (κ1) is 17.6. The number of aromatic nitrogens is 5. The molecule has 1 aromatic carbocycles. The first-order valence-electron chi connectivity index (χ1n) is 7.73. The van der Waals surface area contributed by atoms with Crippen molar-refractivity contribution in [2.24, 2.45) is 0 Å². The SMILES string of the molecule is CCOC(=O)C(C)(C)n1cnc2c(nnn2-c2ccc(F)cc2F)c1=O. The average molecular weight is 363 g/mol. The lowest BCUT2D eigenvalue weighted by molar-refractivity contribution is -0.152. The summed E-state index contributed by atoms with van der Waals surface area (Å²) in [5.74, 6) is -2.24.